The van der Waals surface area contributed by atoms with Crippen LogP contribution in [0.25, 0.3) is 10.1 Å². The van der Waals surface area contributed by atoms with Gasteiger partial charge in [-0.05, 0) is 40.8 Å². The van der Waals surface area contributed by atoms with E-state index in [0.29, 0.717) is 23.7 Å². The number of hydrogen-bond acceptors (Lipinski definition) is 7. The number of carboxylic acids is 1. The maximum absolute atomic E-state index is 11.5. The molecule has 30 heavy (non-hydrogen) atoms. The predicted molar refractivity (Wildman–Crippen MR) is 114 cm³/mol. The van der Waals surface area contributed by atoms with Crippen LogP contribution in [0.1, 0.15) is 27.2 Å². The summed E-state index contributed by atoms with van der Waals surface area (Å²) in [4.78, 5) is 22.7. The van der Waals surface area contributed by atoms with Crippen LogP contribution in [0, 0.1) is 0 Å². The normalized spacial score (nSPS) is 11.9. The lowest BCUT2D eigenvalue weighted by Gasteiger charge is -2.10. The number of nitrogens with two attached hydrogens (primary N) is 1. The highest BCUT2D eigenvalue weighted by Crippen LogP contribution is 2.26. The SMILES string of the molecule is N[C@@H](CCOc1ccc(CNCc2ccc3cc(C(=O)NO)sc3c2)cc1)C(=O)O. The molecule has 1 atom stereocenters. The number of hydroxylamine groups is 1. The third kappa shape index (κ3) is 5.77. The Morgan fingerprint density at radius 1 is 1.07 bits per heavy atom. The molecule has 0 saturated heterocycles. The Balaban J connectivity index is 1.47. The number of rotatable bonds is 10. The first kappa shape index (κ1) is 21.7. The van der Waals surface area contributed by atoms with Gasteiger partial charge in [0.05, 0.1) is 11.5 Å². The van der Waals surface area contributed by atoms with Crippen molar-refractivity contribution in [1.29, 1.82) is 0 Å². The molecule has 1 heterocycles. The zero-order chi connectivity index (χ0) is 21.5. The fraction of sp³-hybridized carbons (Fsp3) is 0.238. The van der Waals surface area contributed by atoms with E-state index in [4.69, 9.17) is 20.8 Å². The van der Waals surface area contributed by atoms with Gasteiger partial charge in [0, 0.05) is 24.2 Å². The van der Waals surface area contributed by atoms with Crippen LogP contribution in [0.5, 0.6) is 5.75 Å². The average molecular weight is 429 g/mol. The summed E-state index contributed by atoms with van der Waals surface area (Å²) in [5.41, 5.74) is 9.28. The van der Waals surface area contributed by atoms with E-state index >= 15 is 0 Å². The van der Waals surface area contributed by atoms with Crippen molar-refractivity contribution in [3.05, 3.63) is 64.5 Å². The molecule has 0 aliphatic rings. The molecule has 0 spiro atoms. The van der Waals surface area contributed by atoms with E-state index in [1.807, 2.05) is 42.5 Å². The molecule has 3 aromatic rings. The topological polar surface area (TPSA) is 134 Å². The maximum atomic E-state index is 11.5. The van der Waals surface area contributed by atoms with Crippen molar-refractivity contribution in [1.82, 2.24) is 10.8 Å². The van der Waals surface area contributed by atoms with Crippen molar-refractivity contribution in [2.45, 2.75) is 25.6 Å². The quantitative estimate of drug-likeness (QED) is 0.247. The molecule has 2 aromatic carbocycles. The largest absolute Gasteiger partial charge is 0.494 e. The Morgan fingerprint density at radius 3 is 2.47 bits per heavy atom. The van der Waals surface area contributed by atoms with E-state index in [-0.39, 0.29) is 13.0 Å². The van der Waals surface area contributed by atoms with Gasteiger partial charge in [0.15, 0.2) is 0 Å². The lowest BCUT2D eigenvalue weighted by molar-refractivity contribution is -0.138. The average Bonchev–Trinajstić information content (AvgIpc) is 3.17. The number of benzene rings is 2. The molecule has 3 rings (SSSR count). The minimum absolute atomic E-state index is 0.248. The van der Waals surface area contributed by atoms with Crippen LogP contribution in [-0.4, -0.2) is 34.8 Å². The van der Waals surface area contributed by atoms with Crippen LogP contribution in [-0.2, 0) is 17.9 Å². The molecule has 0 fully saturated rings. The molecule has 0 aliphatic carbocycles. The van der Waals surface area contributed by atoms with Crippen molar-refractivity contribution in [3.63, 3.8) is 0 Å². The highest BCUT2D eigenvalue weighted by atomic mass is 32.1. The Kier molecular flexibility index (Phi) is 7.36. The highest BCUT2D eigenvalue weighted by Gasteiger charge is 2.11. The number of carboxylic acid groups (broad SMARTS) is 1. The third-order valence-corrected chi connectivity index (χ3v) is 5.60. The second kappa shape index (κ2) is 10.2. The van der Waals surface area contributed by atoms with Crippen molar-refractivity contribution in [2.75, 3.05) is 6.61 Å². The van der Waals surface area contributed by atoms with Gasteiger partial charge in [0.2, 0.25) is 0 Å². The first-order chi connectivity index (χ1) is 14.5. The number of fused-ring (bicyclic) bond motifs is 1. The Morgan fingerprint density at radius 2 is 1.77 bits per heavy atom. The van der Waals surface area contributed by atoms with Crippen molar-refractivity contribution < 1.29 is 24.6 Å². The van der Waals surface area contributed by atoms with Crippen molar-refractivity contribution >= 4 is 33.3 Å². The number of ether oxygens (including phenoxy) is 1. The summed E-state index contributed by atoms with van der Waals surface area (Å²) in [5.74, 6) is -0.871. The van der Waals surface area contributed by atoms with Gasteiger partial charge in [-0.25, -0.2) is 5.48 Å². The molecule has 9 heteroatoms. The fourth-order valence-corrected chi connectivity index (χ4v) is 3.85. The molecular formula is C21H23N3O5S. The zero-order valence-corrected chi connectivity index (χ0v) is 16.9. The molecule has 0 radical (unpaired) electrons. The van der Waals surface area contributed by atoms with Crippen LogP contribution in [0.4, 0.5) is 0 Å². The summed E-state index contributed by atoms with van der Waals surface area (Å²) in [6, 6.07) is 14.4. The number of carbonyl (C=O) groups excluding carboxylic acids is 1. The summed E-state index contributed by atoms with van der Waals surface area (Å²) >= 11 is 1.33. The molecule has 0 aliphatic heterocycles. The lowest BCUT2D eigenvalue weighted by atomic mass is 10.1. The van der Waals surface area contributed by atoms with Crippen LogP contribution < -0.4 is 21.3 Å². The minimum atomic E-state index is -1.03. The smallest absolute Gasteiger partial charge is 0.320 e. The second-order valence-corrected chi connectivity index (χ2v) is 7.84. The molecule has 1 amide bonds. The van der Waals surface area contributed by atoms with Gasteiger partial charge in [0.25, 0.3) is 5.91 Å². The minimum Gasteiger partial charge on any atom is -0.494 e. The predicted octanol–water partition coefficient (Wildman–Crippen LogP) is 2.49. The van der Waals surface area contributed by atoms with Crippen LogP contribution in [0.3, 0.4) is 0 Å². The molecule has 1 aromatic heterocycles. The monoisotopic (exact) mass is 429 g/mol. The molecular weight excluding hydrogens is 406 g/mol. The number of thiophene rings is 1. The summed E-state index contributed by atoms with van der Waals surface area (Å²) in [7, 11) is 0. The molecule has 0 unspecified atom stereocenters. The molecule has 0 saturated carbocycles. The van der Waals surface area contributed by atoms with Crippen molar-refractivity contribution in [3.8, 4) is 5.75 Å². The van der Waals surface area contributed by atoms with Gasteiger partial charge in [-0.2, -0.15) is 0 Å². The van der Waals surface area contributed by atoms with Crippen LogP contribution >= 0.6 is 11.3 Å². The van der Waals surface area contributed by atoms with E-state index in [1.54, 1.807) is 11.5 Å². The second-order valence-electron chi connectivity index (χ2n) is 6.75. The van der Waals surface area contributed by atoms with Crippen LogP contribution in [0.15, 0.2) is 48.5 Å². The summed E-state index contributed by atoms with van der Waals surface area (Å²) in [6.07, 6.45) is 0.249. The van der Waals surface area contributed by atoms with E-state index in [0.717, 1.165) is 21.2 Å². The Hall–Kier alpha value is -2.98. The van der Waals surface area contributed by atoms with Gasteiger partial charge in [0.1, 0.15) is 11.8 Å². The molecule has 158 valence electrons. The number of nitrogens with one attached hydrogen (secondary N) is 2. The van der Waals surface area contributed by atoms with E-state index in [2.05, 4.69) is 5.32 Å². The summed E-state index contributed by atoms with van der Waals surface area (Å²) in [6.45, 7) is 1.59. The maximum Gasteiger partial charge on any atom is 0.320 e. The standard InChI is InChI=1S/C21H23N3O5S/c22-17(21(26)27)7-8-29-16-5-2-13(3-6-16)11-23-12-14-1-4-15-10-19(20(25)24-28)30-18(15)9-14/h1-6,9-10,17,23,28H,7-8,11-12,22H2,(H,24,25)(H,26,27)/t17-/m0/s1. The van der Waals surface area contributed by atoms with E-state index in [1.165, 1.54) is 11.3 Å². The number of carbonyl (C=O) groups is 2. The first-order valence-corrected chi connectivity index (χ1v) is 10.2. The third-order valence-electron chi connectivity index (χ3n) is 4.51. The number of hydrogen-bond donors (Lipinski definition) is 5. The van der Waals surface area contributed by atoms with Gasteiger partial charge in [-0.3, -0.25) is 14.8 Å². The number of amides is 1. The van der Waals surface area contributed by atoms with Gasteiger partial charge in [-0.15, -0.1) is 11.3 Å². The lowest BCUT2D eigenvalue weighted by Crippen LogP contribution is -2.31. The van der Waals surface area contributed by atoms with Gasteiger partial charge >= 0.3 is 5.97 Å². The Bertz CT molecular complexity index is 1020. The van der Waals surface area contributed by atoms with Crippen molar-refractivity contribution in [2.24, 2.45) is 5.73 Å². The zero-order valence-electron chi connectivity index (χ0n) is 16.1. The van der Waals surface area contributed by atoms with E-state index < -0.39 is 17.9 Å². The molecule has 8 nitrogen and oxygen atoms in total. The fourth-order valence-electron chi connectivity index (χ4n) is 2.83. The summed E-state index contributed by atoms with van der Waals surface area (Å²) in [5, 5.41) is 21.8. The van der Waals surface area contributed by atoms with Crippen LogP contribution in [0.2, 0.25) is 0 Å². The Labute approximate surface area is 177 Å². The summed E-state index contributed by atoms with van der Waals surface area (Å²) < 4.78 is 6.50. The van der Waals surface area contributed by atoms with Gasteiger partial charge < -0.3 is 20.9 Å². The first-order valence-electron chi connectivity index (χ1n) is 9.34. The molecule has 6 N–H and O–H groups in total. The number of aliphatic carboxylic acids is 1. The highest BCUT2D eigenvalue weighted by molar-refractivity contribution is 7.20. The molecule has 0 bridgehead atoms. The van der Waals surface area contributed by atoms with Gasteiger partial charge in [-0.1, -0.05) is 24.3 Å². The van der Waals surface area contributed by atoms with E-state index in [9.17, 15) is 9.59 Å².